The van der Waals surface area contributed by atoms with Crippen LogP contribution in [-0.2, 0) is 19.7 Å². The number of hydrogen-bond acceptors (Lipinski definition) is 7. The van der Waals surface area contributed by atoms with Crippen molar-refractivity contribution in [3.05, 3.63) is 41.6 Å². The number of nitrogens with zero attached hydrogens (tertiary/aromatic N) is 2. The van der Waals surface area contributed by atoms with Gasteiger partial charge in [-0.15, -0.1) is 0 Å². The molecule has 3 N–H and O–H groups in total. The normalized spacial score (nSPS) is 13.4. The number of carbonyl (C=O) groups excluding carboxylic acids is 2. The number of amides is 2. The number of rotatable bonds is 8. The number of para-hydroxylation sites is 1. The van der Waals surface area contributed by atoms with Gasteiger partial charge in [-0.25, -0.2) is 18.9 Å². The van der Waals surface area contributed by atoms with Crippen LogP contribution in [0.15, 0.2) is 30.5 Å². The number of sulfonamides is 1. The van der Waals surface area contributed by atoms with Gasteiger partial charge in [-0.3, -0.25) is 18.7 Å². The van der Waals surface area contributed by atoms with Crippen molar-refractivity contribution in [3.63, 3.8) is 0 Å². The number of hydrogen-bond donors (Lipinski definition) is 3. The van der Waals surface area contributed by atoms with E-state index in [1.54, 1.807) is 25.1 Å². The summed E-state index contributed by atoms with van der Waals surface area (Å²) in [5.74, 6) is -0.413. The van der Waals surface area contributed by atoms with Gasteiger partial charge in [0.25, 0.3) is 5.91 Å². The molecule has 0 aliphatic heterocycles. The minimum Gasteiger partial charge on any atom is -0.353 e. The molecule has 0 saturated heterocycles. The fourth-order valence-corrected chi connectivity index (χ4v) is 3.59. The number of nitrogens with one attached hydrogen (secondary N) is 3. The van der Waals surface area contributed by atoms with Crippen LogP contribution in [-0.4, -0.2) is 45.6 Å². The van der Waals surface area contributed by atoms with Gasteiger partial charge in [-0.1, -0.05) is 12.1 Å². The van der Waals surface area contributed by atoms with Crippen LogP contribution >= 0.6 is 0 Å². The number of carbonyl (C=O) groups is 2. The zero-order valence-electron chi connectivity index (χ0n) is 17.7. The van der Waals surface area contributed by atoms with E-state index in [0.29, 0.717) is 17.1 Å². The highest BCUT2D eigenvalue weighted by atomic mass is 32.2. The molecule has 31 heavy (non-hydrogen) atoms. The van der Waals surface area contributed by atoms with Crippen LogP contribution in [0.5, 0.6) is 0 Å². The maximum absolute atomic E-state index is 12.4. The Morgan fingerprint density at radius 2 is 1.94 bits per heavy atom. The molecule has 1 saturated carbocycles. The van der Waals surface area contributed by atoms with Gasteiger partial charge >= 0.3 is 0 Å². The molecular formula is C20H25N5O5S. The monoisotopic (exact) mass is 447 g/mol. The summed E-state index contributed by atoms with van der Waals surface area (Å²) in [7, 11) is -0.769. The Kier molecular flexibility index (Phi) is 6.46. The third kappa shape index (κ3) is 5.30. The molecule has 0 spiro atoms. The third-order valence-electron chi connectivity index (χ3n) is 4.86. The van der Waals surface area contributed by atoms with Crippen molar-refractivity contribution in [2.75, 3.05) is 35.4 Å². The molecule has 0 atom stereocenters. The first-order chi connectivity index (χ1) is 14.6. The van der Waals surface area contributed by atoms with E-state index in [1.165, 1.54) is 26.4 Å². The Morgan fingerprint density at radius 1 is 1.23 bits per heavy atom. The summed E-state index contributed by atoms with van der Waals surface area (Å²) in [5.41, 5.74) is 4.33. The molecular weight excluding hydrogens is 422 g/mol. The van der Waals surface area contributed by atoms with E-state index in [2.05, 4.69) is 21.1 Å². The number of aryl methyl sites for hydroxylation is 1. The van der Waals surface area contributed by atoms with Crippen LogP contribution in [0, 0.1) is 12.8 Å². The van der Waals surface area contributed by atoms with Crippen LogP contribution in [0.3, 0.4) is 0 Å². The first kappa shape index (κ1) is 22.5. The van der Waals surface area contributed by atoms with Gasteiger partial charge in [0, 0.05) is 25.2 Å². The van der Waals surface area contributed by atoms with Gasteiger partial charge in [-0.2, -0.15) is 0 Å². The molecule has 2 aromatic rings. The van der Waals surface area contributed by atoms with Crippen LogP contribution in [0.1, 0.15) is 28.8 Å². The number of aromatic nitrogens is 1. The van der Waals surface area contributed by atoms with E-state index in [9.17, 15) is 18.0 Å². The molecule has 0 bridgehead atoms. The Morgan fingerprint density at radius 3 is 2.55 bits per heavy atom. The molecule has 1 fully saturated rings. The maximum Gasteiger partial charge on any atom is 0.278 e. The number of hydroxylamine groups is 1. The smallest absolute Gasteiger partial charge is 0.278 e. The van der Waals surface area contributed by atoms with E-state index in [1.807, 2.05) is 0 Å². The number of benzene rings is 1. The summed E-state index contributed by atoms with van der Waals surface area (Å²) in [6.07, 6.45) is 4.11. The van der Waals surface area contributed by atoms with Crippen molar-refractivity contribution in [1.29, 1.82) is 0 Å². The van der Waals surface area contributed by atoms with Gasteiger partial charge < -0.3 is 10.6 Å². The highest BCUT2D eigenvalue weighted by Gasteiger charge is 2.30. The molecule has 2 amide bonds. The number of anilines is 4. The van der Waals surface area contributed by atoms with Crippen LogP contribution in [0.4, 0.5) is 22.9 Å². The van der Waals surface area contributed by atoms with Crippen molar-refractivity contribution in [1.82, 2.24) is 10.5 Å². The fraction of sp³-hybridized carbons (Fsp3) is 0.350. The van der Waals surface area contributed by atoms with Crippen molar-refractivity contribution < 1.29 is 22.8 Å². The highest BCUT2D eigenvalue weighted by molar-refractivity contribution is 7.92. The lowest BCUT2D eigenvalue weighted by Crippen LogP contribution is -2.27. The van der Waals surface area contributed by atoms with Gasteiger partial charge in [-0.05, 0) is 31.4 Å². The SMILES string of the molecule is CONC(=O)c1cnc(NC(=O)C2CC2)cc1Nc1cccc(C)c1N(C)S(C)(=O)=O. The summed E-state index contributed by atoms with van der Waals surface area (Å²) in [4.78, 5) is 33.4. The minimum atomic E-state index is -3.53. The first-order valence-corrected chi connectivity index (χ1v) is 11.4. The van der Waals surface area contributed by atoms with Gasteiger partial charge in [0.15, 0.2) is 0 Å². The summed E-state index contributed by atoms with van der Waals surface area (Å²) in [6, 6.07) is 6.78. The van der Waals surface area contributed by atoms with E-state index in [-0.39, 0.29) is 23.2 Å². The van der Waals surface area contributed by atoms with E-state index in [4.69, 9.17) is 4.84 Å². The van der Waals surface area contributed by atoms with E-state index in [0.717, 1.165) is 29.0 Å². The average molecular weight is 448 g/mol. The van der Waals surface area contributed by atoms with Gasteiger partial charge in [0.05, 0.1) is 36.0 Å². The standard InChI is InChI=1S/C20H25N5O5S/c1-12-6-5-7-15(18(12)25(2)31(4,28)29)22-16-10-17(23-19(26)13-8-9-13)21-11-14(16)20(27)24-30-3/h5-7,10-11,13H,8-9H2,1-4H3,(H,24,27)(H2,21,22,23,26). The molecule has 3 rings (SSSR count). The quantitative estimate of drug-likeness (QED) is 0.529. The molecule has 1 aliphatic rings. The lowest BCUT2D eigenvalue weighted by molar-refractivity contribution is -0.117. The lowest BCUT2D eigenvalue weighted by Gasteiger charge is -2.24. The van der Waals surface area contributed by atoms with Crippen molar-refractivity contribution in [2.45, 2.75) is 19.8 Å². The second-order valence-electron chi connectivity index (χ2n) is 7.34. The second kappa shape index (κ2) is 8.90. The second-order valence-corrected chi connectivity index (χ2v) is 9.35. The lowest BCUT2D eigenvalue weighted by atomic mass is 10.1. The predicted molar refractivity (Wildman–Crippen MR) is 118 cm³/mol. The number of pyridine rings is 1. The summed E-state index contributed by atoms with van der Waals surface area (Å²) in [6.45, 7) is 1.79. The largest absolute Gasteiger partial charge is 0.353 e. The summed E-state index contributed by atoms with van der Waals surface area (Å²) in [5, 5.41) is 5.86. The molecule has 1 aliphatic carbocycles. The van der Waals surface area contributed by atoms with E-state index >= 15 is 0 Å². The molecule has 0 radical (unpaired) electrons. The van der Waals surface area contributed by atoms with Crippen molar-refractivity contribution in [3.8, 4) is 0 Å². The van der Waals surface area contributed by atoms with Crippen LogP contribution in [0.25, 0.3) is 0 Å². The highest BCUT2D eigenvalue weighted by Crippen LogP contribution is 2.35. The zero-order chi connectivity index (χ0) is 22.8. The van der Waals surface area contributed by atoms with Crippen LogP contribution < -0.4 is 20.4 Å². The van der Waals surface area contributed by atoms with Gasteiger partial charge in [0.2, 0.25) is 15.9 Å². The molecule has 166 valence electrons. The third-order valence-corrected chi connectivity index (χ3v) is 6.04. The molecule has 0 unspecified atom stereocenters. The maximum atomic E-state index is 12.4. The van der Waals surface area contributed by atoms with Gasteiger partial charge in [0.1, 0.15) is 5.82 Å². The topological polar surface area (TPSA) is 130 Å². The Balaban J connectivity index is 2.03. The molecule has 1 aromatic heterocycles. The molecule has 11 heteroatoms. The average Bonchev–Trinajstić information content (AvgIpc) is 3.53. The minimum absolute atomic E-state index is 0.0125. The Hall–Kier alpha value is -3.18. The molecule has 1 heterocycles. The Labute approximate surface area is 181 Å². The van der Waals surface area contributed by atoms with Crippen molar-refractivity contribution in [2.24, 2.45) is 5.92 Å². The Bertz CT molecular complexity index is 1110. The molecule has 1 aromatic carbocycles. The predicted octanol–water partition coefficient (Wildman–Crippen LogP) is 2.17. The fourth-order valence-electron chi connectivity index (χ4n) is 3.02. The van der Waals surface area contributed by atoms with Crippen LogP contribution in [0.2, 0.25) is 0 Å². The molecule has 10 nitrogen and oxygen atoms in total. The van der Waals surface area contributed by atoms with Crippen molar-refractivity contribution >= 4 is 44.7 Å². The summed E-state index contributed by atoms with van der Waals surface area (Å²) >= 11 is 0. The van der Waals surface area contributed by atoms with E-state index < -0.39 is 15.9 Å². The first-order valence-electron chi connectivity index (χ1n) is 9.56. The zero-order valence-corrected chi connectivity index (χ0v) is 18.5. The summed E-state index contributed by atoms with van der Waals surface area (Å²) < 4.78 is 25.5.